The smallest absolute Gasteiger partial charge is 0.135 e. The van der Waals surface area contributed by atoms with Gasteiger partial charge in [-0.2, -0.15) is 5.26 Å². The predicted octanol–water partition coefficient (Wildman–Crippen LogP) is 3.73. The SMILES string of the molecule is CN(Cc1ccccc1)c1cc(Nc2ccccc2C#N)ncn1. The number of nitrogens with one attached hydrogen (secondary N) is 1. The molecule has 3 aromatic rings. The molecular weight excluding hydrogens is 298 g/mol. The zero-order valence-corrected chi connectivity index (χ0v) is 13.3. The number of para-hydroxylation sites is 1. The fraction of sp³-hybridized carbons (Fsp3) is 0.105. The molecule has 0 atom stereocenters. The summed E-state index contributed by atoms with van der Waals surface area (Å²) in [5.41, 5.74) is 2.52. The van der Waals surface area contributed by atoms with Crippen LogP contribution in [0.2, 0.25) is 0 Å². The molecule has 0 unspecified atom stereocenters. The highest BCUT2D eigenvalue weighted by atomic mass is 15.2. The third kappa shape index (κ3) is 3.68. The molecule has 5 heteroatoms. The predicted molar refractivity (Wildman–Crippen MR) is 95.0 cm³/mol. The van der Waals surface area contributed by atoms with Crippen LogP contribution in [0.25, 0.3) is 0 Å². The van der Waals surface area contributed by atoms with Crippen LogP contribution in [-0.2, 0) is 6.54 Å². The minimum atomic E-state index is 0.579. The number of nitrogens with zero attached hydrogens (tertiary/aromatic N) is 4. The number of hydrogen-bond donors (Lipinski definition) is 1. The van der Waals surface area contributed by atoms with Crippen LogP contribution in [-0.4, -0.2) is 17.0 Å². The summed E-state index contributed by atoms with van der Waals surface area (Å²) in [7, 11) is 1.99. The van der Waals surface area contributed by atoms with E-state index in [-0.39, 0.29) is 0 Å². The molecule has 1 heterocycles. The average molecular weight is 315 g/mol. The van der Waals surface area contributed by atoms with Crippen molar-refractivity contribution in [2.75, 3.05) is 17.3 Å². The van der Waals surface area contributed by atoms with E-state index >= 15 is 0 Å². The lowest BCUT2D eigenvalue weighted by Crippen LogP contribution is -2.18. The molecule has 24 heavy (non-hydrogen) atoms. The van der Waals surface area contributed by atoms with Crippen molar-refractivity contribution in [3.8, 4) is 6.07 Å². The molecule has 0 aliphatic carbocycles. The largest absolute Gasteiger partial charge is 0.355 e. The first-order valence-corrected chi connectivity index (χ1v) is 7.59. The maximum atomic E-state index is 9.17. The van der Waals surface area contributed by atoms with Gasteiger partial charge in [0.15, 0.2) is 0 Å². The monoisotopic (exact) mass is 315 g/mol. The summed E-state index contributed by atoms with van der Waals surface area (Å²) in [6, 6.07) is 21.6. The molecule has 3 rings (SSSR count). The summed E-state index contributed by atoms with van der Waals surface area (Å²) in [6.45, 7) is 0.756. The minimum absolute atomic E-state index is 0.579. The maximum Gasteiger partial charge on any atom is 0.135 e. The topological polar surface area (TPSA) is 64.8 Å². The summed E-state index contributed by atoms with van der Waals surface area (Å²) in [6.07, 6.45) is 1.52. The Labute approximate surface area is 141 Å². The third-order valence-corrected chi connectivity index (χ3v) is 3.62. The van der Waals surface area contributed by atoms with E-state index in [9.17, 15) is 5.26 Å². The Hall–Kier alpha value is -3.39. The Morgan fingerprint density at radius 1 is 1.04 bits per heavy atom. The van der Waals surface area contributed by atoms with Gasteiger partial charge in [0.1, 0.15) is 24.0 Å². The van der Waals surface area contributed by atoms with E-state index in [0.29, 0.717) is 11.4 Å². The van der Waals surface area contributed by atoms with Crippen LogP contribution in [0.1, 0.15) is 11.1 Å². The molecule has 0 aliphatic heterocycles. The van der Waals surface area contributed by atoms with Crippen LogP contribution in [0.3, 0.4) is 0 Å². The number of aromatic nitrogens is 2. The lowest BCUT2D eigenvalue weighted by atomic mass is 10.2. The van der Waals surface area contributed by atoms with Crippen LogP contribution >= 0.6 is 0 Å². The Morgan fingerprint density at radius 2 is 1.79 bits per heavy atom. The van der Waals surface area contributed by atoms with Crippen molar-refractivity contribution in [2.24, 2.45) is 0 Å². The van der Waals surface area contributed by atoms with E-state index in [1.54, 1.807) is 6.07 Å². The van der Waals surface area contributed by atoms with Gasteiger partial charge in [-0.3, -0.25) is 0 Å². The van der Waals surface area contributed by atoms with Gasteiger partial charge in [0.2, 0.25) is 0 Å². The van der Waals surface area contributed by atoms with Crippen molar-refractivity contribution in [1.29, 1.82) is 5.26 Å². The fourth-order valence-electron chi connectivity index (χ4n) is 2.39. The van der Waals surface area contributed by atoms with Crippen molar-refractivity contribution in [2.45, 2.75) is 6.54 Å². The Morgan fingerprint density at radius 3 is 2.58 bits per heavy atom. The van der Waals surface area contributed by atoms with Crippen LogP contribution < -0.4 is 10.2 Å². The Balaban J connectivity index is 1.78. The highest BCUT2D eigenvalue weighted by molar-refractivity contribution is 5.65. The zero-order chi connectivity index (χ0) is 16.8. The molecule has 0 aliphatic rings. The van der Waals surface area contributed by atoms with Crippen molar-refractivity contribution in [3.63, 3.8) is 0 Å². The third-order valence-electron chi connectivity index (χ3n) is 3.62. The van der Waals surface area contributed by atoms with Crippen LogP contribution in [0.15, 0.2) is 67.0 Å². The van der Waals surface area contributed by atoms with E-state index in [2.05, 4.69) is 38.4 Å². The van der Waals surface area contributed by atoms with E-state index in [4.69, 9.17) is 0 Å². The van der Waals surface area contributed by atoms with Crippen LogP contribution in [0.4, 0.5) is 17.3 Å². The highest BCUT2D eigenvalue weighted by Gasteiger charge is 2.07. The first-order chi connectivity index (χ1) is 11.8. The van der Waals surface area contributed by atoms with Gasteiger partial charge in [-0.15, -0.1) is 0 Å². The quantitative estimate of drug-likeness (QED) is 0.777. The first kappa shape index (κ1) is 15.5. The lowest BCUT2D eigenvalue weighted by molar-refractivity contribution is 0.892. The highest BCUT2D eigenvalue weighted by Crippen LogP contribution is 2.21. The van der Waals surface area contributed by atoms with Gasteiger partial charge in [-0.25, -0.2) is 9.97 Å². The number of rotatable bonds is 5. The molecule has 5 nitrogen and oxygen atoms in total. The maximum absolute atomic E-state index is 9.17. The van der Waals surface area contributed by atoms with Gasteiger partial charge in [-0.05, 0) is 17.7 Å². The summed E-state index contributed by atoms with van der Waals surface area (Å²) in [5, 5.41) is 12.4. The molecule has 0 saturated carbocycles. The number of benzene rings is 2. The molecule has 0 radical (unpaired) electrons. The van der Waals surface area contributed by atoms with Crippen LogP contribution in [0, 0.1) is 11.3 Å². The molecule has 0 amide bonds. The lowest BCUT2D eigenvalue weighted by Gasteiger charge is -2.18. The molecule has 1 N–H and O–H groups in total. The molecular formula is C19H17N5. The molecule has 0 bridgehead atoms. The molecule has 0 spiro atoms. The normalized spacial score (nSPS) is 10.0. The number of hydrogen-bond acceptors (Lipinski definition) is 5. The number of anilines is 3. The van der Waals surface area contributed by atoms with Crippen molar-refractivity contribution in [1.82, 2.24) is 9.97 Å². The molecule has 2 aromatic carbocycles. The van der Waals surface area contributed by atoms with Crippen molar-refractivity contribution < 1.29 is 0 Å². The van der Waals surface area contributed by atoms with Crippen molar-refractivity contribution >= 4 is 17.3 Å². The van der Waals surface area contributed by atoms with E-state index in [1.165, 1.54) is 11.9 Å². The van der Waals surface area contributed by atoms with E-state index in [0.717, 1.165) is 18.1 Å². The standard InChI is InChI=1S/C19H17N5/c1-24(13-15-7-3-2-4-8-15)19-11-18(21-14-22-19)23-17-10-6-5-9-16(17)12-20/h2-11,14H,13H2,1H3,(H,21,22,23). The Kier molecular flexibility index (Phi) is 4.68. The first-order valence-electron chi connectivity index (χ1n) is 7.59. The van der Waals surface area contributed by atoms with Gasteiger partial charge >= 0.3 is 0 Å². The van der Waals surface area contributed by atoms with E-state index < -0.39 is 0 Å². The van der Waals surface area contributed by atoms with E-state index in [1.807, 2.05) is 49.5 Å². The van der Waals surface area contributed by atoms with Gasteiger partial charge in [0, 0.05) is 19.7 Å². The second-order valence-electron chi connectivity index (χ2n) is 5.39. The molecule has 0 fully saturated rings. The van der Waals surface area contributed by atoms with Crippen molar-refractivity contribution in [3.05, 3.63) is 78.1 Å². The second kappa shape index (κ2) is 7.25. The summed E-state index contributed by atoms with van der Waals surface area (Å²) in [4.78, 5) is 10.6. The van der Waals surface area contributed by atoms with Gasteiger partial charge in [0.25, 0.3) is 0 Å². The fourth-order valence-corrected chi connectivity index (χ4v) is 2.39. The molecule has 0 saturated heterocycles. The van der Waals surface area contributed by atoms with Gasteiger partial charge < -0.3 is 10.2 Å². The molecule has 1 aromatic heterocycles. The second-order valence-corrected chi connectivity index (χ2v) is 5.39. The Bertz CT molecular complexity index is 855. The van der Waals surface area contributed by atoms with Gasteiger partial charge in [-0.1, -0.05) is 42.5 Å². The summed E-state index contributed by atoms with van der Waals surface area (Å²) in [5.74, 6) is 1.47. The summed E-state index contributed by atoms with van der Waals surface area (Å²) >= 11 is 0. The average Bonchev–Trinajstić information content (AvgIpc) is 2.63. The summed E-state index contributed by atoms with van der Waals surface area (Å²) < 4.78 is 0. The molecule has 118 valence electrons. The zero-order valence-electron chi connectivity index (χ0n) is 13.3. The number of nitriles is 1. The van der Waals surface area contributed by atoms with Crippen LogP contribution in [0.5, 0.6) is 0 Å². The van der Waals surface area contributed by atoms with Gasteiger partial charge in [0.05, 0.1) is 11.3 Å². The minimum Gasteiger partial charge on any atom is -0.355 e.